The maximum absolute atomic E-state index is 6.38. The highest BCUT2D eigenvalue weighted by molar-refractivity contribution is 6.26. The van der Waals surface area contributed by atoms with E-state index in [-0.39, 0.29) is 5.79 Å². The van der Waals surface area contributed by atoms with Crippen molar-refractivity contribution < 1.29 is 8.85 Å². The summed E-state index contributed by atoms with van der Waals surface area (Å²) < 4.78 is 12.8. The van der Waals surface area contributed by atoms with Crippen LogP contribution >= 0.6 is 0 Å². The van der Waals surface area contributed by atoms with Crippen LogP contribution in [0.5, 0.6) is 0 Å². The summed E-state index contributed by atoms with van der Waals surface area (Å²) in [6.45, 7) is 9.00. The fraction of sp³-hybridized carbons (Fsp3) is 0.889. The molecule has 1 aliphatic carbocycles. The van der Waals surface area contributed by atoms with E-state index in [2.05, 4.69) is 33.0 Å². The Balaban J connectivity index is 2.92. The molecule has 2 nitrogen and oxygen atoms in total. The molecule has 0 unspecified atom stereocenters. The van der Waals surface area contributed by atoms with Crippen LogP contribution in [-0.2, 0) is 8.85 Å². The van der Waals surface area contributed by atoms with Crippen molar-refractivity contribution in [3.8, 4) is 0 Å². The van der Waals surface area contributed by atoms with Gasteiger partial charge in [0.05, 0.1) is 0 Å². The molecule has 0 aliphatic heterocycles. The highest BCUT2D eigenvalue weighted by atomic mass is 28.2. The molecule has 0 bridgehead atoms. The molecular formula is C18H38O2Si2. The lowest BCUT2D eigenvalue weighted by molar-refractivity contribution is -0.117. The zero-order chi connectivity index (χ0) is 16.3. The SMILES string of the molecule is C[SiH2]OC(O[SiH2]C)(C1=CCCCCCCCCCC1)C(C)C. The smallest absolute Gasteiger partial charge is 0.173 e. The third-order valence-electron chi connectivity index (χ3n) is 4.72. The molecule has 0 aromatic heterocycles. The van der Waals surface area contributed by atoms with Crippen molar-refractivity contribution in [1.29, 1.82) is 0 Å². The fourth-order valence-corrected chi connectivity index (χ4v) is 5.80. The molecule has 0 N–H and O–H groups in total. The Bertz CT molecular complexity index is 310. The molecule has 0 saturated carbocycles. The van der Waals surface area contributed by atoms with E-state index in [1.165, 1.54) is 69.8 Å². The van der Waals surface area contributed by atoms with Crippen molar-refractivity contribution >= 4 is 19.5 Å². The van der Waals surface area contributed by atoms with Crippen molar-refractivity contribution in [3.05, 3.63) is 11.6 Å². The number of allylic oxidation sites excluding steroid dienone is 1. The first-order valence-corrected chi connectivity index (χ1v) is 13.6. The molecule has 0 spiro atoms. The summed E-state index contributed by atoms with van der Waals surface area (Å²) in [7, 11) is -0.980. The van der Waals surface area contributed by atoms with Crippen LogP contribution in [0, 0.1) is 5.92 Å². The highest BCUT2D eigenvalue weighted by Gasteiger charge is 2.37. The minimum atomic E-state index is -0.490. The van der Waals surface area contributed by atoms with Crippen molar-refractivity contribution in [2.24, 2.45) is 5.92 Å². The second kappa shape index (κ2) is 11.6. The van der Waals surface area contributed by atoms with Crippen molar-refractivity contribution in [2.75, 3.05) is 0 Å². The number of hydrogen-bond donors (Lipinski definition) is 0. The Hall–Kier alpha value is 0.0938. The molecule has 22 heavy (non-hydrogen) atoms. The van der Waals surface area contributed by atoms with E-state index in [0.717, 1.165) is 0 Å². The molecular weight excluding hydrogens is 304 g/mol. The maximum atomic E-state index is 6.38. The molecule has 1 rings (SSSR count). The van der Waals surface area contributed by atoms with Gasteiger partial charge in [-0.15, -0.1) is 0 Å². The van der Waals surface area contributed by atoms with Gasteiger partial charge in [0.25, 0.3) is 0 Å². The summed E-state index contributed by atoms with van der Waals surface area (Å²) in [5.74, 6) is 0.0260. The Kier molecular flexibility index (Phi) is 10.6. The Morgan fingerprint density at radius 1 is 0.864 bits per heavy atom. The molecule has 130 valence electrons. The lowest BCUT2D eigenvalue weighted by Crippen LogP contribution is -2.45. The lowest BCUT2D eigenvalue weighted by Gasteiger charge is -2.40. The van der Waals surface area contributed by atoms with Crippen LogP contribution in [0.25, 0.3) is 0 Å². The van der Waals surface area contributed by atoms with E-state index in [0.29, 0.717) is 5.92 Å². The van der Waals surface area contributed by atoms with E-state index in [9.17, 15) is 0 Å². The quantitative estimate of drug-likeness (QED) is 0.402. The molecule has 0 radical (unpaired) electrons. The zero-order valence-corrected chi connectivity index (χ0v) is 18.3. The minimum Gasteiger partial charge on any atom is -0.395 e. The second-order valence-electron chi connectivity index (χ2n) is 6.78. The van der Waals surface area contributed by atoms with Gasteiger partial charge in [-0.25, -0.2) is 0 Å². The largest absolute Gasteiger partial charge is 0.395 e. The van der Waals surface area contributed by atoms with Gasteiger partial charge in [0.1, 0.15) is 0 Å². The predicted molar refractivity (Wildman–Crippen MR) is 103 cm³/mol. The van der Waals surface area contributed by atoms with E-state index >= 15 is 0 Å². The van der Waals surface area contributed by atoms with E-state index < -0.39 is 19.5 Å². The summed E-state index contributed by atoms with van der Waals surface area (Å²) in [6, 6.07) is 0. The van der Waals surface area contributed by atoms with E-state index in [1.807, 2.05) is 0 Å². The van der Waals surface area contributed by atoms with Crippen molar-refractivity contribution in [1.82, 2.24) is 0 Å². The van der Waals surface area contributed by atoms with Crippen LogP contribution in [0.4, 0.5) is 0 Å². The normalized spacial score (nSPS) is 22.7. The van der Waals surface area contributed by atoms with Gasteiger partial charge in [-0.05, 0) is 31.3 Å². The van der Waals surface area contributed by atoms with Gasteiger partial charge >= 0.3 is 0 Å². The van der Waals surface area contributed by atoms with E-state index in [4.69, 9.17) is 8.85 Å². The molecule has 0 amide bonds. The summed E-state index contributed by atoms with van der Waals surface area (Å²) in [5, 5.41) is 0. The standard InChI is InChI=1S/C18H38O2Si2/c1-16(2)18(19-21-3,20-22-4)17-14-12-10-8-6-5-7-9-11-13-15-17/h14,16H,5-13,15,21-22H2,1-4H3. The first-order valence-electron chi connectivity index (χ1n) is 9.64. The molecule has 0 aromatic rings. The molecule has 1 aliphatic rings. The van der Waals surface area contributed by atoms with Gasteiger partial charge in [0, 0.05) is 5.92 Å². The van der Waals surface area contributed by atoms with Crippen LogP contribution in [-0.4, -0.2) is 25.3 Å². The average Bonchev–Trinajstić information content (AvgIpc) is 2.47. The van der Waals surface area contributed by atoms with Crippen LogP contribution < -0.4 is 0 Å². The Morgan fingerprint density at radius 2 is 1.36 bits per heavy atom. The minimum absolute atomic E-state index is 0.383. The van der Waals surface area contributed by atoms with Gasteiger partial charge in [-0.2, -0.15) is 0 Å². The molecule has 0 heterocycles. The molecule has 0 fully saturated rings. The van der Waals surface area contributed by atoms with Crippen LogP contribution in [0.15, 0.2) is 11.6 Å². The van der Waals surface area contributed by atoms with Crippen LogP contribution in [0.3, 0.4) is 0 Å². The van der Waals surface area contributed by atoms with Gasteiger partial charge in [0.15, 0.2) is 25.3 Å². The highest BCUT2D eigenvalue weighted by Crippen LogP contribution is 2.35. The lowest BCUT2D eigenvalue weighted by atomic mass is 9.89. The predicted octanol–water partition coefficient (Wildman–Crippen LogP) is 4.48. The topological polar surface area (TPSA) is 18.5 Å². The van der Waals surface area contributed by atoms with Crippen molar-refractivity contribution in [3.63, 3.8) is 0 Å². The van der Waals surface area contributed by atoms with Crippen LogP contribution in [0.2, 0.25) is 13.1 Å². The summed E-state index contributed by atoms with van der Waals surface area (Å²) in [5.41, 5.74) is 1.46. The average molecular weight is 343 g/mol. The summed E-state index contributed by atoms with van der Waals surface area (Å²) >= 11 is 0. The maximum Gasteiger partial charge on any atom is 0.173 e. The summed E-state index contributed by atoms with van der Waals surface area (Å²) in [6.07, 6.45) is 15.9. The zero-order valence-electron chi connectivity index (χ0n) is 15.5. The van der Waals surface area contributed by atoms with Gasteiger partial charge < -0.3 is 8.85 Å². The monoisotopic (exact) mass is 342 g/mol. The van der Waals surface area contributed by atoms with Gasteiger partial charge in [-0.3, -0.25) is 0 Å². The van der Waals surface area contributed by atoms with Gasteiger partial charge in [0.2, 0.25) is 0 Å². The third-order valence-corrected chi connectivity index (χ3v) is 6.15. The van der Waals surface area contributed by atoms with Gasteiger partial charge in [-0.1, -0.05) is 71.5 Å². The Labute approximate surface area is 143 Å². The fourth-order valence-electron chi connectivity index (χ4n) is 3.58. The first kappa shape index (κ1) is 20.1. The Morgan fingerprint density at radius 3 is 1.86 bits per heavy atom. The van der Waals surface area contributed by atoms with Crippen molar-refractivity contribution in [2.45, 2.75) is 96.9 Å². The molecule has 0 aromatic carbocycles. The van der Waals surface area contributed by atoms with Crippen LogP contribution in [0.1, 0.15) is 78.1 Å². The van der Waals surface area contributed by atoms with E-state index in [1.54, 1.807) is 0 Å². The third kappa shape index (κ3) is 6.30. The molecule has 4 heteroatoms. The second-order valence-corrected chi connectivity index (χ2v) is 8.52. The first-order chi connectivity index (χ1) is 10.7. The molecule has 0 saturated heterocycles. The molecule has 0 atom stereocenters. The number of rotatable bonds is 6. The summed E-state index contributed by atoms with van der Waals surface area (Å²) in [4.78, 5) is 0. The number of hydrogen-bond acceptors (Lipinski definition) is 2.